The molecule has 0 bridgehead atoms. The van der Waals surface area contributed by atoms with Crippen LogP contribution in [0.2, 0.25) is 0 Å². The minimum atomic E-state index is -4.43. The number of carboxylic acids is 1. The molecule has 0 spiro atoms. The van der Waals surface area contributed by atoms with Gasteiger partial charge in [-0.3, -0.25) is 19.0 Å². The maximum Gasteiger partial charge on any atom is 0.303 e. The molecule has 1 unspecified atom stereocenters. The molecule has 1 aromatic rings. The van der Waals surface area contributed by atoms with Crippen LogP contribution in [0.3, 0.4) is 0 Å². The minimum Gasteiger partial charge on any atom is -0.481 e. The van der Waals surface area contributed by atoms with Gasteiger partial charge in [-0.2, -0.15) is 8.42 Å². The Morgan fingerprint density at radius 1 is 1.38 bits per heavy atom. The van der Waals surface area contributed by atoms with Crippen molar-refractivity contribution < 1.29 is 27.7 Å². The molecule has 21 heavy (non-hydrogen) atoms. The summed E-state index contributed by atoms with van der Waals surface area (Å²) in [6.45, 7) is 0. The molecule has 1 amide bonds. The van der Waals surface area contributed by atoms with Crippen LogP contribution >= 0.6 is 11.8 Å². The van der Waals surface area contributed by atoms with Crippen molar-refractivity contribution in [3.63, 3.8) is 0 Å². The van der Waals surface area contributed by atoms with Gasteiger partial charge >= 0.3 is 5.97 Å². The number of rotatable bonds is 5. The lowest BCUT2D eigenvalue weighted by atomic mass is 10.1. The third kappa shape index (κ3) is 3.55. The van der Waals surface area contributed by atoms with Gasteiger partial charge in [-0.05, 0) is 18.1 Å². The number of amides is 1. The van der Waals surface area contributed by atoms with Crippen molar-refractivity contribution in [2.24, 2.45) is 0 Å². The molecule has 0 saturated carbocycles. The van der Waals surface area contributed by atoms with Crippen LogP contribution in [0, 0.1) is 0 Å². The van der Waals surface area contributed by atoms with Gasteiger partial charge in [-0.1, -0.05) is 18.2 Å². The first kappa shape index (κ1) is 15.8. The fourth-order valence-corrected chi connectivity index (χ4v) is 4.26. The Bertz CT molecular complexity index is 672. The SMILES string of the molecule is O=C(O)CCc1ccccc1N1C(=O)CSC1S(=O)(=O)O. The zero-order valence-electron chi connectivity index (χ0n) is 10.8. The van der Waals surface area contributed by atoms with Gasteiger partial charge in [0, 0.05) is 12.1 Å². The number of para-hydroxylation sites is 1. The largest absolute Gasteiger partial charge is 0.481 e. The summed E-state index contributed by atoms with van der Waals surface area (Å²) in [5.41, 5.74) is 0.862. The molecule has 1 fully saturated rings. The maximum atomic E-state index is 11.9. The van der Waals surface area contributed by atoms with Gasteiger partial charge in [0.1, 0.15) is 0 Å². The number of thioether (sulfide) groups is 1. The maximum absolute atomic E-state index is 11.9. The summed E-state index contributed by atoms with van der Waals surface area (Å²) in [5, 5.41) is 8.74. The van der Waals surface area contributed by atoms with Crippen molar-refractivity contribution in [1.82, 2.24) is 0 Å². The summed E-state index contributed by atoms with van der Waals surface area (Å²) in [6.07, 6.45) is 0.0286. The third-order valence-electron chi connectivity index (χ3n) is 2.94. The fraction of sp³-hybridized carbons (Fsp3) is 0.333. The monoisotopic (exact) mass is 331 g/mol. The van der Waals surface area contributed by atoms with Crippen molar-refractivity contribution in [2.75, 3.05) is 10.7 Å². The van der Waals surface area contributed by atoms with Gasteiger partial charge in [0.05, 0.1) is 5.75 Å². The number of benzene rings is 1. The second-order valence-electron chi connectivity index (χ2n) is 4.42. The molecule has 2 rings (SSSR count). The average Bonchev–Trinajstić information content (AvgIpc) is 2.78. The van der Waals surface area contributed by atoms with Gasteiger partial charge < -0.3 is 5.11 Å². The molecule has 1 atom stereocenters. The summed E-state index contributed by atoms with van der Waals surface area (Å²) in [4.78, 5) is 23.6. The molecule has 0 aromatic heterocycles. The van der Waals surface area contributed by atoms with Gasteiger partial charge in [0.25, 0.3) is 10.1 Å². The second kappa shape index (κ2) is 6.04. The number of anilines is 1. The van der Waals surface area contributed by atoms with E-state index in [4.69, 9.17) is 5.11 Å². The number of hydrogen-bond donors (Lipinski definition) is 2. The number of carbonyl (C=O) groups is 2. The van der Waals surface area contributed by atoms with Crippen LogP contribution in [0.5, 0.6) is 0 Å². The number of carbonyl (C=O) groups excluding carboxylic acids is 1. The Kier molecular flexibility index (Phi) is 4.55. The van der Waals surface area contributed by atoms with Gasteiger partial charge in [-0.15, -0.1) is 11.8 Å². The Hall–Kier alpha value is -1.58. The Balaban J connectivity index is 2.39. The first-order valence-electron chi connectivity index (χ1n) is 6.00. The zero-order valence-corrected chi connectivity index (χ0v) is 12.4. The molecule has 1 aromatic carbocycles. The molecule has 1 aliphatic rings. The van der Waals surface area contributed by atoms with Crippen molar-refractivity contribution >= 4 is 39.4 Å². The van der Waals surface area contributed by atoms with Crippen molar-refractivity contribution in [2.45, 2.75) is 17.5 Å². The van der Waals surface area contributed by atoms with Crippen molar-refractivity contribution in [1.29, 1.82) is 0 Å². The van der Waals surface area contributed by atoms with Crippen molar-refractivity contribution in [3.8, 4) is 0 Å². The van der Waals surface area contributed by atoms with E-state index in [1.807, 2.05) is 0 Å². The van der Waals surface area contributed by atoms with Crippen LogP contribution < -0.4 is 4.90 Å². The molecule has 1 heterocycles. The van der Waals surface area contributed by atoms with Gasteiger partial charge in [0.15, 0.2) is 0 Å². The van der Waals surface area contributed by atoms with E-state index in [0.717, 1.165) is 16.7 Å². The van der Waals surface area contributed by atoms with E-state index in [9.17, 15) is 22.6 Å². The van der Waals surface area contributed by atoms with Crippen LogP contribution in [0.1, 0.15) is 12.0 Å². The standard InChI is InChI=1S/C12H13NO6S2/c14-10-7-20-12(21(17,18)19)13(10)9-4-2-1-3-8(9)5-6-11(15)16/h1-4,12H,5-7H2,(H,15,16)(H,17,18,19). The van der Waals surface area contributed by atoms with E-state index in [1.54, 1.807) is 24.3 Å². The highest BCUT2D eigenvalue weighted by Crippen LogP contribution is 2.35. The lowest BCUT2D eigenvalue weighted by molar-refractivity contribution is -0.136. The lowest BCUT2D eigenvalue weighted by Crippen LogP contribution is -2.38. The molecule has 114 valence electrons. The molecule has 0 radical (unpaired) electrons. The zero-order chi connectivity index (χ0) is 15.6. The molecule has 9 heteroatoms. The molecule has 2 N–H and O–H groups in total. The fourth-order valence-electron chi connectivity index (χ4n) is 2.07. The van der Waals surface area contributed by atoms with Gasteiger partial charge in [0.2, 0.25) is 10.6 Å². The van der Waals surface area contributed by atoms with Crippen LogP contribution in [-0.2, 0) is 26.1 Å². The third-order valence-corrected chi connectivity index (χ3v) is 5.71. The number of nitrogens with zero attached hydrogens (tertiary/aromatic N) is 1. The average molecular weight is 331 g/mol. The van der Waals surface area contributed by atoms with E-state index < -0.39 is 26.7 Å². The van der Waals surface area contributed by atoms with E-state index in [-0.39, 0.29) is 18.6 Å². The van der Waals surface area contributed by atoms with E-state index in [1.165, 1.54) is 0 Å². The highest BCUT2D eigenvalue weighted by atomic mass is 32.3. The van der Waals surface area contributed by atoms with Crippen LogP contribution in [0.15, 0.2) is 24.3 Å². The Morgan fingerprint density at radius 3 is 2.67 bits per heavy atom. The molecular formula is C12H13NO6S2. The van der Waals surface area contributed by atoms with Crippen LogP contribution in [0.4, 0.5) is 5.69 Å². The van der Waals surface area contributed by atoms with E-state index in [2.05, 4.69) is 0 Å². The first-order valence-corrected chi connectivity index (χ1v) is 8.55. The first-order chi connectivity index (χ1) is 9.80. The molecular weight excluding hydrogens is 318 g/mol. The molecule has 7 nitrogen and oxygen atoms in total. The highest BCUT2D eigenvalue weighted by Gasteiger charge is 2.41. The smallest absolute Gasteiger partial charge is 0.303 e. The van der Waals surface area contributed by atoms with Crippen molar-refractivity contribution in [3.05, 3.63) is 29.8 Å². The number of hydrogen-bond acceptors (Lipinski definition) is 5. The van der Waals surface area contributed by atoms with Crippen LogP contribution in [-0.4, -0.2) is 40.4 Å². The van der Waals surface area contributed by atoms with E-state index >= 15 is 0 Å². The summed E-state index contributed by atoms with van der Waals surface area (Å²) < 4.78 is 30.6. The topological polar surface area (TPSA) is 112 Å². The van der Waals surface area contributed by atoms with E-state index in [0.29, 0.717) is 11.3 Å². The molecule has 1 saturated heterocycles. The summed E-state index contributed by atoms with van der Waals surface area (Å²) in [6, 6.07) is 6.47. The normalized spacial score (nSPS) is 19.0. The number of carboxylic acid groups (broad SMARTS) is 1. The predicted molar refractivity (Wildman–Crippen MR) is 77.7 cm³/mol. The quantitative estimate of drug-likeness (QED) is 0.773. The highest BCUT2D eigenvalue weighted by molar-refractivity contribution is 8.12. The minimum absolute atomic E-state index is 0.0578. The Labute approximate surface area is 125 Å². The summed E-state index contributed by atoms with van der Waals surface area (Å²) in [5.74, 6) is -1.48. The van der Waals surface area contributed by atoms with Crippen LogP contribution in [0.25, 0.3) is 0 Å². The number of aliphatic carboxylic acids is 1. The number of aryl methyl sites for hydroxylation is 1. The Morgan fingerprint density at radius 2 is 2.05 bits per heavy atom. The summed E-state index contributed by atoms with van der Waals surface area (Å²) >= 11 is 0.816. The summed E-state index contributed by atoms with van der Waals surface area (Å²) in [7, 11) is -4.43. The molecule has 0 aliphatic carbocycles. The second-order valence-corrected chi connectivity index (χ2v) is 7.26. The molecule has 1 aliphatic heterocycles. The lowest BCUT2D eigenvalue weighted by Gasteiger charge is -2.24. The predicted octanol–water partition coefficient (Wildman–Crippen LogP) is 0.955. The van der Waals surface area contributed by atoms with Gasteiger partial charge in [-0.25, -0.2) is 0 Å².